The molecule has 0 N–H and O–H groups in total. The van der Waals surface area contributed by atoms with Crippen LogP contribution in [0.2, 0.25) is 0 Å². The Morgan fingerprint density at radius 1 is 0.926 bits per heavy atom. The second-order valence-corrected chi connectivity index (χ2v) is 6.84. The normalized spacial score (nSPS) is 16.1. The van der Waals surface area contributed by atoms with E-state index in [0.717, 1.165) is 61.9 Å². The van der Waals surface area contributed by atoms with Crippen molar-refractivity contribution in [2.45, 2.75) is 13.3 Å². The minimum absolute atomic E-state index is 0.0422. The van der Waals surface area contributed by atoms with Crippen molar-refractivity contribution in [1.82, 2.24) is 4.90 Å². The highest BCUT2D eigenvalue weighted by Gasteiger charge is 2.32. The molecule has 2 aromatic rings. The van der Waals surface area contributed by atoms with Gasteiger partial charge >= 0.3 is 0 Å². The predicted molar refractivity (Wildman–Crippen MR) is 104 cm³/mol. The van der Waals surface area contributed by atoms with E-state index in [9.17, 15) is 4.79 Å². The smallest absolute Gasteiger partial charge is 0.194 e. The summed E-state index contributed by atoms with van der Waals surface area (Å²) in [4.78, 5) is 15.2. The Balaban J connectivity index is 1.60. The monoisotopic (exact) mass is 367 g/mol. The van der Waals surface area contributed by atoms with E-state index in [-0.39, 0.29) is 5.78 Å². The molecule has 1 aliphatic heterocycles. The fraction of sp³-hybridized carbons (Fsp3) is 0.409. The number of carbonyl (C=O) groups is 1. The fourth-order valence-corrected chi connectivity index (χ4v) is 3.66. The van der Waals surface area contributed by atoms with Crippen LogP contribution in [-0.2, 0) is 4.74 Å². The van der Waals surface area contributed by atoms with Gasteiger partial charge in [-0.05, 0) is 18.6 Å². The molecule has 4 rings (SSSR count). The summed E-state index contributed by atoms with van der Waals surface area (Å²) in [5.41, 5.74) is 3.13. The number of carbonyl (C=O) groups excluding carboxylic acids is 1. The molecule has 1 fully saturated rings. The van der Waals surface area contributed by atoms with E-state index in [2.05, 4.69) is 11.8 Å². The summed E-state index contributed by atoms with van der Waals surface area (Å²) in [6.07, 6.45) is 0.919. The molecule has 0 unspecified atom stereocenters. The van der Waals surface area contributed by atoms with E-state index in [1.165, 1.54) is 0 Å². The number of hydrogen-bond acceptors (Lipinski definition) is 5. The number of ketones is 1. The van der Waals surface area contributed by atoms with Crippen LogP contribution in [0.1, 0.15) is 29.3 Å². The van der Waals surface area contributed by atoms with Crippen LogP contribution < -0.4 is 9.47 Å². The highest BCUT2D eigenvalue weighted by molar-refractivity contribution is 6.23. The fourth-order valence-electron chi connectivity index (χ4n) is 3.66. The van der Waals surface area contributed by atoms with Crippen molar-refractivity contribution < 1.29 is 19.0 Å². The quantitative estimate of drug-likeness (QED) is 0.641. The Labute approximate surface area is 159 Å². The van der Waals surface area contributed by atoms with Gasteiger partial charge in [0.1, 0.15) is 18.1 Å². The Kier molecular flexibility index (Phi) is 5.41. The summed E-state index contributed by atoms with van der Waals surface area (Å²) >= 11 is 0. The maximum atomic E-state index is 12.9. The van der Waals surface area contributed by atoms with E-state index in [1.807, 2.05) is 36.4 Å². The molecule has 0 radical (unpaired) electrons. The van der Waals surface area contributed by atoms with Crippen molar-refractivity contribution in [3.8, 4) is 22.6 Å². The van der Waals surface area contributed by atoms with Crippen LogP contribution in [0.5, 0.6) is 11.5 Å². The highest BCUT2D eigenvalue weighted by Crippen LogP contribution is 2.47. The summed E-state index contributed by atoms with van der Waals surface area (Å²) in [6, 6.07) is 11.4. The molecule has 1 heterocycles. The van der Waals surface area contributed by atoms with Gasteiger partial charge < -0.3 is 14.2 Å². The standard InChI is InChI=1S/C22H25NO4/c1-2-12-26-18-7-3-5-16-20(18)21-17(22(16)24)6-4-8-19(21)27-15-11-23-9-13-25-14-10-23/h3-8H,2,9-15H2,1H3. The average Bonchev–Trinajstić information content (AvgIpc) is 3.01. The van der Waals surface area contributed by atoms with Crippen LogP contribution in [0.15, 0.2) is 36.4 Å². The van der Waals surface area contributed by atoms with Crippen LogP contribution in [-0.4, -0.2) is 56.7 Å². The third-order valence-corrected chi connectivity index (χ3v) is 5.02. The Morgan fingerprint density at radius 3 is 2.11 bits per heavy atom. The summed E-state index contributed by atoms with van der Waals surface area (Å²) < 4.78 is 17.4. The molecule has 0 spiro atoms. The zero-order chi connectivity index (χ0) is 18.6. The molecule has 0 bridgehead atoms. The second-order valence-electron chi connectivity index (χ2n) is 6.84. The second kappa shape index (κ2) is 8.11. The Morgan fingerprint density at radius 2 is 1.52 bits per heavy atom. The first-order valence-electron chi connectivity index (χ1n) is 9.66. The number of morpholine rings is 1. The number of ether oxygens (including phenoxy) is 3. The summed E-state index contributed by atoms with van der Waals surface area (Å²) in [5.74, 6) is 1.55. The van der Waals surface area contributed by atoms with Crippen molar-refractivity contribution >= 4 is 5.78 Å². The molecular formula is C22H25NO4. The third kappa shape index (κ3) is 3.57. The van der Waals surface area contributed by atoms with E-state index >= 15 is 0 Å². The van der Waals surface area contributed by atoms with E-state index < -0.39 is 0 Å². The average molecular weight is 367 g/mol. The van der Waals surface area contributed by atoms with E-state index in [1.54, 1.807) is 0 Å². The van der Waals surface area contributed by atoms with Gasteiger partial charge in [0, 0.05) is 41.9 Å². The van der Waals surface area contributed by atoms with Gasteiger partial charge in [-0.3, -0.25) is 9.69 Å². The van der Waals surface area contributed by atoms with Crippen LogP contribution in [0.25, 0.3) is 11.1 Å². The lowest BCUT2D eigenvalue weighted by molar-refractivity contribution is 0.0323. The molecule has 5 nitrogen and oxygen atoms in total. The Bertz CT molecular complexity index is 827. The third-order valence-electron chi connectivity index (χ3n) is 5.02. The van der Waals surface area contributed by atoms with Gasteiger partial charge in [-0.15, -0.1) is 0 Å². The lowest BCUT2D eigenvalue weighted by Gasteiger charge is -2.26. The maximum absolute atomic E-state index is 12.9. The topological polar surface area (TPSA) is 48.0 Å². The summed E-state index contributed by atoms with van der Waals surface area (Å²) in [7, 11) is 0. The van der Waals surface area contributed by atoms with Crippen molar-refractivity contribution in [3.05, 3.63) is 47.5 Å². The maximum Gasteiger partial charge on any atom is 0.194 e. The van der Waals surface area contributed by atoms with Crippen molar-refractivity contribution in [2.75, 3.05) is 46.1 Å². The highest BCUT2D eigenvalue weighted by atomic mass is 16.5. The first-order valence-corrected chi connectivity index (χ1v) is 9.66. The van der Waals surface area contributed by atoms with Gasteiger partial charge in [0.25, 0.3) is 0 Å². The van der Waals surface area contributed by atoms with Gasteiger partial charge in [0.2, 0.25) is 0 Å². The molecule has 5 heteroatoms. The predicted octanol–water partition coefficient (Wildman–Crippen LogP) is 3.40. The minimum atomic E-state index is 0.0422. The number of benzene rings is 2. The first kappa shape index (κ1) is 18.0. The van der Waals surface area contributed by atoms with Gasteiger partial charge in [-0.2, -0.15) is 0 Å². The zero-order valence-electron chi connectivity index (χ0n) is 15.7. The van der Waals surface area contributed by atoms with Gasteiger partial charge in [-0.1, -0.05) is 31.2 Å². The number of fused-ring (bicyclic) bond motifs is 3. The molecule has 2 aliphatic rings. The molecule has 0 saturated carbocycles. The zero-order valence-corrected chi connectivity index (χ0v) is 15.7. The minimum Gasteiger partial charge on any atom is -0.493 e. The van der Waals surface area contributed by atoms with Gasteiger partial charge in [0.05, 0.1) is 19.8 Å². The summed E-state index contributed by atoms with van der Waals surface area (Å²) in [6.45, 7) is 7.56. The molecule has 27 heavy (non-hydrogen) atoms. The van der Waals surface area contributed by atoms with Crippen LogP contribution in [0, 0.1) is 0 Å². The van der Waals surface area contributed by atoms with Gasteiger partial charge in [0.15, 0.2) is 5.78 Å². The lowest BCUT2D eigenvalue weighted by Crippen LogP contribution is -2.38. The molecule has 142 valence electrons. The SMILES string of the molecule is CCCOc1cccc2c1-c1c(OCCN3CCOCC3)cccc1C2=O. The van der Waals surface area contributed by atoms with E-state index in [4.69, 9.17) is 14.2 Å². The molecular weight excluding hydrogens is 342 g/mol. The number of hydrogen-bond donors (Lipinski definition) is 0. The molecule has 0 amide bonds. The van der Waals surface area contributed by atoms with Crippen molar-refractivity contribution in [3.63, 3.8) is 0 Å². The molecule has 2 aromatic carbocycles. The molecule has 1 saturated heterocycles. The molecule has 0 atom stereocenters. The summed E-state index contributed by atoms with van der Waals surface area (Å²) in [5, 5.41) is 0. The van der Waals surface area contributed by atoms with Gasteiger partial charge in [-0.25, -0.2) is 0 Å². The lowest BCUT2D eigenvalue weighted by atomic mass is 10.0. The Hall–Kier alpha value is -2.37. The molecule has 0 aromatic heterocycles. The largest absolute Gasteiger partial charge is 0.493 e. The van der Waals surface area contributed by atoms with Crippen molar-refractivity contribution in [1.29, 1.82) is 0 Å². The number of nitrogens with zero attached hydrogens (tertiary/aromatic N) is 1. The first-order chi connectivity index (χ1) is 13.3. The van der Waals surface area contributed by atoms with Crippen LogP contribution in [0.3, 0.4) is 0 Å². The number of rotatable bonds is 7. The van der Waals surface area contributed by atoms with E-state index in [0.29, 0.717) is 24.3 Å². The molecule has 1 aliphatic carbocycles. The van der Waals surface area contributed by atoms with Crippen LogP contribution >= 0.6 is 0 Å². The van der Waals surface area contributed by atoms with Crippen molar-refractivity contribution in [2.24, 2.45) is 0 Å². The van der Waals surface area contributed by atoms with Crippen LogP contribution in [0.4, 0.5) is 0 Å².